The van der Waals surface area contributed by atoms with E-state index in [4.69, 9.17) is 15.3 Å². The zero-order valence-electron chi connectivity index (χ0n) is 10.6. The number of hydrazine groups is 1. The van der Waals surface area contributed by atoms with Gasteiger partial charge in [0.05, 0.1) is 19.3 Å². The van der Waals surface area contributed by atoms with Crippen LogP contribution >= 0.6 is 0 Å². The Labute approximate surface area is 102 Å². The van der Waals surface area contributed by atoms with Crippen LogP contribution in [0.4, 0.5) is 0 Å². The lowest BCUT2D eigenvalue weighted by molar-refractivity contribution is 0.0296. The molecule has 0 aromatic carbocycles. The quantitative estimate of drug-likeness (QED) is 0.556. The molecule has 0 saturated carbocycles. The lowest BCUT2D eigenvalue weighted by Gasteiger charge is -2.26. The van der Waals surface area contributed by atoms with Crippen LogP contribution in [-0.2, 0) is 4.74 Å². The fourth-order valence-corrected chi connectivity index (χ4v) is 1.84. The molecular formula is C12H21N3O2. The van der Waals surface area contributed by atoms with Crippen LogP contribution in [0.1, 0.15) is 32.0 Å². The molecule has 2 atom stereocenters. The van der Waals surface area contributed by atoms with Gasteiger partial charge in [0.2, 0.25) is 0 Å². The van der Waals surface area contributed by atoms with Gasteiger partial charge in [0.15, 0.2) is 0 Å². The van der Waals surface area contributed by atoms with Crippen molar-refractivity contribution in [2.24, 2.45) is 5.84 Å². The molecule has 0 aliphatic carbocycles. The Morgan fingerprint density at radius 1 is 1.47 bits per heavy atom. The fourth-order valence-electron chi connectivity index (χ4n) is 1.84. The number of methoxy groups -OCH3 is 1. The number of aromatic nitrogens is 1. The average molecular weight is 239 g/mol. The molecule has 1 heterocycles. The standard InChI is InChI=1S/C12H21N3O2/c1-4-9(17-5-2)12(15-13)11-10(16-3)7-6-8-14-11/h6-9,12,15H,4-5,13H2,1-3H3. The van der Waals surface area contributed by atoms with Gasteiger partial charge in [-0.05, 0) is 25.5 Å². The number of pyridine rings is 1. The van der Waals surface area contributed by atoms with Crippen molar-refractivity contribution in [1.29, 1.82) is 0 Å². The molecule has 0 radical (unpaired) electrons. The molecule has 1 rings (SSSR count). The Bertz CT molecular complexity index is 333. The number of rotatable bonds is 7. The van der Waals surface area contributed by atoms with Crippen LogP contribution in [0.2, 0.25) is 0 Å². The first-order valence-electron chi connectivity index (χ1n) is 5.85. The third-order valence-electron chi connectivity index (χ3n) is 2.65. The number of hydrogen-bond acceptors (Lipinski definition) is 5. The Hall–Kier alpha value is -1.17. The van der Waals surface area contributed by atoms with Gasteiger partial charge in [0, 0.05) is 12.8 Å². The Balaban J connectivity index is 2.98. The second-order valence-electron chi connectivity index (χ2n) is 3.64. The van der Waals surface area contributed by atoms with E-state index in [1.54, 1.807) is 13.3 Å². The monoisotopic (exact) mass is 239 g/mol. The van der Waals surface area contributed by atoms with Crippen LogP contribution < -0.4 is 16.0 Å². The average Bonchev–Trinajstić information content (AvgIpc) is 2.39. The van der Waals surface area contributed by atoms with Crippen LogP contribution in [-0.4, -0.2) is 24.8 Å². The summed E-state index contributed by atoms with van der Waals surface area (Å²) in [4.78, 5) is 4.32. The second kappa shape index (κ2) is 7.21. The van der Waals surface area contributed by atoms with E-state index >= 15 is 0 Å². The van der Waals surface area contributed by atoms with Crippen molar-refractivity contribution in [2.75, 3.05) is 13.7 Å². The number of ether oxygens (including phenoxy) is 2. The van der Waals surface area contributed by atoms with E-state index in [1.807, 2.05) is 19.1 Å². The highest BCUT2D eigenvalue weighted by molar-refractivity contribution is 5.30. The van der Waals surface area contributed by atoms with E-state index < -0.39 is 0 Å². The van der Waals surface area contributed by atoms with Crippen molar-refractivity contribution in [2.45, 2.75) is 32.4 Å². The van der Waals surface area contributed by atoms with Crippen molar-refractivity contribution in [3.63, 3.8) is 0 Å². The van der Waals surface area contributed by atoms with Crippen molar-refractivity contribution in [3.8, 4) is 5.75 Å². The summed E-state index contributed by atoms with van der Waals surface area (Å²) < 4.78 is 10.9. The van der Waals surface area contributed by atoms with Crippen LogP contribution in [0.25, 0.3) is 0 Å². The lowest BCUT2D eigenvalue weighted by atomic mass is 10.0. The van der Waals surface area contributed by atoms with Crippen LogP contribution in [0.5, 0.6) is 5.75 Å². The molecule has 2 unspecified atom stereocenters. The molecule has 5 nitrogen and oxygen atoms in total. The molecule has 0 saturated heterocycles. The minimum absolute atomic E-state index is 0.0196. The van der Waals surface area contributed by atoms with Gasteiger partial charge in [-0.2, -0.15) is 0 Å². The Morgan fingerprint density at radius 2 is 2.24 bits per heavy atom. The summed E-state index contributed by atoms with van der Waals surface area (Å²) in [5.41, 5.74) is 3.54. The molecule has 0 aliphatic heterocycles. The summed E-state index contributed by atoms with van der Waals surface area (Å²) in [5, 5.41) is 0. The largest absolute Gasteiger partial charge is 0.495 e. The van der Waals surface area contributed by atoms with Gasteiger partial charge in [-0.3, -0.25) is 10.8 Å². The Kier molecular flexibility index (Phi) is 5.90. The summed E-state index contributed by atoms with van der Waals surface area (Å²) in [6, 6.07) is 3.53. The van der Waals surface area contributed by atoms with E-state index in [9.17, 15) is 0 Å². The van der Waals surface area contributed by atoms with Crippen LogP contribution in [0, 0.1) is 0 Å². The number of nitrogens with one attached hydrogen (secondary N) is 1. The first-order chi connectivity index (χ1) is 8.28. The summed E-state index contributed by atoms with van der Waals surface area (Å²) in [6.45, 7) is 4.66. The normalized spacial score (nSPS) is 14.4. The predicted octanol–water partition coefficient (Wildman–Crippen LogP) is 1.41. The Morgan fingerprint density at radius 3 is 2.76 bits per heavy atom. The fraction of sp³-hybridized carbons (Fsp3) is 0.583. The molecule has 5 heteroatoms. The van der Waals surface area contributed by atoms with Gasteiger partial charge >= 0.3 is 0 Å². The second-order valence-corrected chi connectivity index (χ2v) is 3.64. The first-order valence-corrected chi connectivity index (χ1v) is 5.85. The number of nitrogens with zero attached hydrogens (tertiary/aromatic N) is 1. The highest BCUT2D eigenvalue weighted by Gasteiger charge is 2.25. The highest BCUT2D eigenvalue weighted by Crippen LogP contribution is 2.26. The highest BCUT2D eigenvalue weighted by atomic mass is 16.5. The van der Waals surface area contributed by atoms with E-state index in [2.05, 4.69) is 17.3 Å². The maximum Gasteiger partial charge on any atom is 0.142 e. The van der Waals surface area contributed by atoms with Gasteiger partial charge in [-0.15, -0.1) is 0 Å². The van der Waals surface area contributed by atoms with E-state index in [0.29, 0.717) is 12.4 Å². The molecule has 96 valence electrons. The third-order valence-corrected chi connectivity index (χ3v) is 2.65. The third kappa shape index (κ3) is 3.39. The minimum Gasteiger partial charge on any atom is -0.495 e. The molecule has 0 bridgehead atoms. The SMILES string of the molecule is CCOC(CC)C(NN)c1ncccc1OC. The van der Waals surface area contributed by atoms with E-state index in [0.717, 1.165) is 12.1 Å². The maximum atomic E-state index is 5.66. The van der Waals surface area contributed by atoms with Crippen molar-refractivity contribution < 1.29 is 9.47 Å². The molecule has 0 spiro atoms. The molecule has 3 N–H and O–H groups in total. The molecule has 1 aromatic rings. The summed E-state index contributed by atoms with van der Waals surface area (Å²) in [6.07, 6.45) is 2.55. The van der Waals surface area contributed by atoms with Crippen LogP contribution in [0.15, 0.2) is 18.3 Å². The first kappa shape index (κ1) is 13.9. The summed E-state index contributed by atoms with van der Waals surface area (Å²) in [7, 11) is 1.62. The minimum atomic E-state index is -0.170. The molecular weight excluding hydrogens is 218 g/mol. The van der Waals surface area contributed by atoms with Gasteiger partial charge in [0.1, 0.15) is 11.4 Å². The van der Waals surface area contributed by atoms with Gasteiger partial charge in [0.25, 0.3) is 0 Å². The van der Waals surface area contributed by atoms with Gasteiger partial charge in [-0.1, -0.05) is 6.92 Å². The van der Waals surface area contributed by atoms with Gasteiger partial charge in [-0.25, -0.2) is 5.43 Å². The maximum absolute atomic E-state index is 5.66. The summed E-state index contributed by atoms with van der Waals surface area (Å²) in [5.74, 6) is 6.33. The van der Waals surface area contributed by atoms with E-state index in [1.165, 1.54) is 0 Å². The predicted molar refractivity (Wildman–Crippen MR) is 66.6 cm³/mol. The summed E-state index contributed by atoms with van der Waals surface area (Å²) >= 11 is 0. The zero-order chi connectivity index (χ0) is 12.7. The number of nitrogens with two attached hydrogens (primary N) is 1. The molecule has 0 amide bonds. The molecule has 0 aliphatic rings. The van der Waals surface area contributed by atoms with Crippen molar-refractivity contribution >= 4 is 0 Å². The molecule has 17 heavy (non-hydrogen) atoms. The number of hydrogen-bond donors (Lipinski definition) is 2. The van der Waals surface area contributed by atoms with Crippen LogP contribution in [0.3, 0.4) is 0 Å². The molecule has 0 fully saturated rings. The van der Waals surface area contributed by atoms with E-state index in [-0.39, 0.29) is 12.1 Å². The zero-order valence-corrected chi connectivity index (χ0v) is 10.6. The topological polar surface area (TPSA) is 69.4 Å². The van der Waals surface area contributed by atoms with Gasteiger partial charge < -0.3 is 9.47 Å². The van der Waals surface area contributed by atoms with Crippen molar-refractivity contribution in [1.82, 2.24) is 10.4 Å². The van der Waals surface area contributed by atoms with Crippen molar-refractivity contribution in [3.05, 3.63) is 24.0 Å². The lowest BCUT2D eigenvalue weighted by Crippen LogP contribution is -2.38. The molecule has 1 aromatic heterocycles. The smallest absolute Gasteiger partial charge is 0.142 e.